The van der Waals surface area contributed by atoms with Crippen molar-refractivity contribution in [3.63, 3.8) is 0 Å². The number of aliphatic hydroxyl groups excluding tert-OH is 1. The van der Waals surface area contributed by atoms with Gasteiger partial charge in [-0.2, -0.15) is 0 Å². The molecule has 1 atom stereocenters. The molecule has 2 heterocycles. The molecule has 3 aromatic rings. The monoisotopic (exact) mass is 270 g/mol. The van der Waals surface area contributed by atoms with Crippen LogP contribution in [-0.4, -0.2) is 10.1 Å². The molecular weight excluding hydrogens is 256 g/mol. The maximum atomic E-state index is 10.4. The number of nitrogen functional groups attached to an aromatic ring is 1. The fourth-order valence-corrected chi connectivity index (χ4v) is 3.19. The van der Waals surface area contributed by atoms with Crippen molar-refractivity contribution in [2.24, 2.45) is 0 Å². The third-order valence-electron chi connectivity index (χ3n) is 3.22. The van der Waals surface area contributed by atoms with Gasteiger partial charge in [0.2, 0.25) is 0 Å². The molecule has 3 rings (SSSR count). The summed E-state index contributed by atoms with van der Waals surface area (Å²) in [6.45, 7) is 0. The van der Waals surface area contributed by atoms with Crippen molar-refractivity contribution in [1.29, 1.82) is 0 Å². The first kappa shape index (κ1) is 12.1. The quantitative estimate of drug-likeness (QED) is 0.768. The number of benzene rings is 1. The molecule has 0 aliphatic heterocycles. The first-order valence-electron chi connectivity index (χ1n) is 6.08. The summed E-state index contributed by atoms with van der Waals surface area (Å²) in [7, 11) is 0. The van der Waals surface area contributed by atoms with E-state index in [2.05, 4.69) is 11.1 Å². The number of hydrogen-bond donors (Lipinski definition) is 2. The van der Waals surface area contributed by atoms with Gasteiger partial charge in [-0.05, 0) is 34.0 Å². The first-order valence-corrected chi connectivity index (χ1v) is 6.96. The average Bonchev–Trinajstić information content (AvgIpc) is 2.85. The second-order valence-corrected chi connectivity index (χ2v) is 5.39. The molecule has 0 fully saturated rings. The number of nitrogens with zero attached hydrogens (tertiary/aromatic N) is 1. The van der Waals surface area contributed by atoms with Gasteiger partial charge in [0.25, 0.3) is 0 Å². The number of nitrogens with two attached hydrogens (primary N) is 1. The average molecular weight is 270 g/mol. The third kappa shape index (κ3) is 2.32. The normalized spacial score (nSPS) is 12.7. The largest absolute Gasteiger partial charge is 0.398 e. The number of thiophene rings is 1. The summed E-state index contributed by atoms with van der Waals surface area (Å²) < 4.78 is 1.19. The van der Waals surface area contributed by atoms with Crippen molar-refractivity contribution < 1.29 is 5.11 Å². The van der Waals surface area contributed by atoms with E-state index < -0.39 is 6.10 Å². The van der Waals surface area contributed by atoms with E-state index in [9.17, 15) is 5.11 Å². The minimum Gasteiger partial charge on any atom is -0.398 e. The number of rotatable bonds is 3. The van der Waals surface area contributed by atoms with Gasteiger partial charge in [0.05, 0.1) is 6.10 Å². The highest BCUT2D eigenvalue weighted by atomic mass is 32.1. The molecule has 4 heteroatoms. The Morgan fingerprint density at radius 2 is 2.11 bits per heavy atom. The molecule has 0 bridgehead atoms. The minimum atomic E-state index is -0.553. The zero-order valence-corrected chi connectivity index (χ0v) is 11.1. The molecule has 0 saturated heterocycles. The number of aliphatic hydroxyl groups is 1. The molecule has 3 N–H and O–H groups in total. The van der Waals surface area contributed by atoms with Crippen LogP contribution in [-0.2, 0) is 6.42 Å². The van der Waals surface area contributed by atoms with Gasteiger partial charge in [-0.15, -0.1) is 11.3 Å². The Morgan fingerprint density at radius 1 is 1.26 bits per heavy atom. The number of pyridine rings is 1. The molecule has 0 aliphatic carbocycles. The SMILES string of the molecule is Nc1ccncc1CC(O)c1csc2ccccc12. The summed E-state index contributed by atoms with van der Waals surface area (Å²) in [5.41, 5.74) is 8.40. The van der Waals surface area contributed by atoms with Crippen molar-refractivity contribution in [3.8, 4) is 0 Å². The van der Waals surface area contributed by atoms with Crippen LogP contribution in [0.25, 0.3) is 10.1 Å². The lowest BCUT2D eigenvalue weighted by Crippen LogP contribution is -2.04. The highest BCUT2D eigenvalue weighted by Gasteiger charge is 2.14. The highest BCUT2D eigenvalue weighted by Crippen LogP contribution is 2.32. The number of fused-ring (bicyclic) bond motifs is 1. The van der Waals surface area contributed by atoms with Gasteiger partial charge in [0, 0.05) is 29.2 Å². The van der Waals surface area contributed by atoms with Crippen LogP contribution in [0, 0.1) is 0 Å². The Kier molecular flexibility index (Phi) is 3.19. The number of anilines is 1. The molecular formula is C15H14N2OS. The number of aromatic nitrogens is 1. The number of hydrogen-bond acceptors (Lipinski definition) is 4. The highest BCUT2D eigenvalue weighted by molar-refractivity contribution is 7.17. The zero-order valence-electron chi connectivity index (χ0n) is 10.3. The summed E-state index contributed by atoms with van der Waals surface area (Å²) in [6.07, 6.45) is 3.31. The van der Waals surface area contributed by atoms with E-state index in [1.807, 2.05) is 23.6 Å². The van der Waals surface area contributed by atoms with E-state index in [1.165, 1.54) is 4.70 Å². The summed E-state index contributed by atoms with van der Waals surface area (Å²) in [5, 5.41) is 13.5. The smallest absolute Gasteiger partial charge is 0.0845 e. The minimum absolute atomic E-state index is 0.487. The van der Waals surface area contributed by atoms with Crippen molar-refractivity contribution in [2.75, 3.05) is 5.73 Å². The Balaban J connectivity index is 1.92. The van der Waals surface area contributed by atoms with Gasteiger partial charge in [-0.25, -0.2) is 0 Å². The van der Waals surface area contributed by atoms with Crippen molar-refractivity contribution in [3.05, 3.63) is 59.2 Å². The van der Waals surface area contributed by atoms with Gasteiger partial charge in [0.15, 0.2) is 0 Å². The summed E-state index contributed by atoms with van der Waals surface area (Å²) in [5.74, 6) is 0. The lowest BCUT2D eigenvalue weighted by molar-refractivity contribution is 0.180. The molecule has 3 nitrogen and oxygen atoms in total. The molecule has 0 radical (unpaired) electrons. The molecule has 1 unspecified atom stereocenters. The van der Waals surface area contributed by atoms with E-state index in [4.69, 9.17) is 5.73 Å². The van der Waals surface area contributed by atoms with E-state index in [1.54, 1.807) is 29.8 Å². The molecule has 19 heavy (non-hydrogen) atoms. The summed E-state index contributed by atoms with van der Waals surface area (Å²) >= 11 is 1.65. The topological polar surface area (TPSA) is 59.1 Å². The van der Waals surface area contributed by atoms with Crippen molar-refractivity contribution in [2.45, 2.75) is 12.5 Å². The maximum absolute atomic E-state index is 10.4. The lowest BCUT2D eigenvalue weighted by atomic mass is 10.0. The summed E-state index contributed by atoms with van der Waals surface area (Å²) in [4.78, 5) is 4.05. The van der Waals surface area contributed by atoms with Crippen LogP contribution in [0.4, 0.5) is 5.69 Å². The van der Waals surface area contributed by atoms with Crippen LogP contribution in [0.1, 0.15) is 17.2 Å². The van der Waals surface area contributed by atoms with Gasteiger partial charge in [-0.3, -0.25) is 4.98 Å². The van der Waals surface area contributed by atoms with Crippen LogP contribution >= 0.6 is 11.3 Å². The van der Waals surface area contributed by atoms with Crippen LogP contribution in [0.15, 0.2) is 48.1 Å². The van der Waals surface area contributed by atoms with E-state index in [0.717, 1.165) is 16.5 Å². The molecule has 96 valence electrons. The zero-order chi connectivity index (χ0) is 13.2. The lowest BCUT2D eigenvalue weighted by Gasteiger charge is -2.11. The first-order chi connectivity index (χ1) is 9.25. The molecule has 1 aromatic carbocycles. The van der Waals surface area contributed by atoms with Crippen LogP contribution in [0.2, 0.25) is 0 Å². The van der Waals surface area contributed by atoms with E-state index >= 15 is 0 Å². The van der Waals surface area contributed by atoms with Gasteiger partial charge in [-0.1, -0.05) is 18.2 Å². The Hall–Kier alpha value is -1.91. The van der Waals surface area contributed by atoms with Crippen molar-refractivity contribution in [1.82, 2.24) is 4.98 Å². The predicted octanol–water partition coefficient (Wildman–Crippen LogP) is 3.15. The Bertz CT molecular complexity index is 708. The van der Waals surface area contributed by atoms with Crippen molar-refractivity contribution >= 4 is 27.1 Å². The van der Waals surface area contributed by atoms with Gasteiger partial charge >= 0.3 is 0 Å². The van der Waals surface area contributed by atoms with E-state index in [-0.39, 0.29) is 0 Å². The van der Waals surface area contributed by atoms with Crippen LogP contribution < -0.4 is 5.73 Å². The Morgan fingerprint density at radius 3 is 2.95 bits per heavy atom. The van der Waals surface area contributed by atoms with Gasteiger partial charge in [0.1, 0.15) is 0 Å². The third-order valence-corrected chi connectivity index (χ3v) is 4.21. The van der Waals surface area contributed by atoms with Crippen LogP contribution in [0.5, 0.6) is 0 Å². The van der Waals surface area contributed by atoms with E-state index in [0.29, 0.717) is 12.1 Å². The molecule has 0 amide bonds. The molecule has 0 saturated carbocycles. The summed E-state index contributed by atoms with van der Waals surface area (Å²) in [6, 6.07) is 9.86. The fourth-order valence-electron chi connectivity index (χ4n) is 2.18. The molecule has 0 spiro atoms. The van der Waals surface area contributed by atoms with Crippen LogP contribution in [0.3, 0.4) is 0 Å². The standard InChI is InChI=1S/C15H14N2OS/c16-13-5-6-17-8-10(13)7-14(18)12-9-19-15-4-2-1-3-11(12)15/h1-6,8-9,14,18H,7H2,(H2,16,17). The molecule has 2 aromatic heterocycles. The fraction of sp³-hybridized carbons (Fsp3) is 0.133. The molecule has 0 aliphatic rings. The van der Waals surface area contributed by atoms with Gasteiger partial charge < -0.3 is 10.8 Å². The second-order valence-electron chi connectivity index (χ2n) is 4.48. The second kappa shape index (κ2) is 4.99. The Labute approximate surface area is 115 Å². The maximum Gasteiger partial charge on any atom is 0.0845 e. The predicted molar refractivity (Wildman–Crippen MR) is 79.1 cm³/mol.